The van der Waals surface area contributed by atoms with E-state index in [-0.39, 0.29) is 17.8 Å². The summed E-state index contributed by atoms with van der Waals surface area (Å²) in [5.74, 6) is -0.260. The lowest BCUT2D eigenvalue weighted by molar-refractivity contribution is -0.154. The van der Waals surface area contributed by atoms with Crippen LogP contribution in [0.15, 0.2) is 0 Å². The molecule has 2 rings (SSSR count). The van der Waals surface area contributed by atoms with Gasteiger partial charge >= 0.3 is 5.97 Å². The number of hydrogen-bond acceptors (Lipinski definition) is 5. The van der Waals surface area contributed by atoms with Gasteiger partial charge in [-0.2, -0.15) is 0 Å². The van der Waals surface area contributed by atoms with Gasteiger partial charge in [-0.05, 0) is 33.1 Å². The third-order valence-corrected chi connectivity index (χ3v) is 4.32. The van der Waals surface area contributed by atoms with Crippen LogP contribution in [-0.4, -0.2) is 23.0 Å². The number of amides is 1. The summed E-state index contributed by atoms with van der Waals surface area (Å²) in [6, 6.07) is 0. The van der Waals surface area contributed by atoms with Crippen LogP contribution in [0.3, 0.4) is 0 Å². The number of aromatic nitrogens is 1. The van der Waals surface area contributed by atoms with Crippen molar-refractivity contribution >= 4 is 28.3 Å². The second kappa shape index (κ2) is 5.28. The number of thiazole rings is 1. The minimum Gasteiger partial charge on any atom is -0.452 e. The quantitative estimate of drug-likeness (QED) is 0.860. The van der Waals surface area contributed by atoms with Gasteiger partial charge in [-0.25, -0.2) is 4.98 Å². The van der Waals surface area contributed by atoms with Gasteiger partial charge in [-0.15, -0.1) is 11.3 Å². The van der Waals surface area contributed by atoms with Crippen LogP contribution >= 0.6 is 11.3 Å². The predicted octanol–water partition coefficient (Wildman–Crippen LogP) is 2.29. The third-order valence-electron chi connectivity index (χ3n) is 3.33. The van der Waals surface area contributed by atoms with E-state index in [1.807, 2.05) is 20.8 Å². The van der Waals surface area contributed by atoms with E-state index in [4.69, 9.17) is 4.74 Å². The fourth-order valence-corrected chi connectivity index (χ4v) is 2.52. The maximum Gasteiger partial charge on any atom is 0.309 e. The highest BCUT2D eigenvalue weighted by Crippen LogP contribution is 2.38. The Morgan fingerprint density at radius 3 is 2.58 bits per heavy atom. The fourth-order valence-electron chi connectivity index (χ4n) is 1.70. The van der Waals surface area contributed by atoms with Gasteiger partial charge in [0, 0.05) is 4.88 Å². The lowest BCUT2D eigenvalue weighted by atomic mass is 10.3. The molecule has 1 aromatic heterocycles. The number of rotatable bonds is 4. The highest BCUT2D eigenvalue weighted by molar-refractivity contribution is 7.15. The number of carbonyl (C=O) groups is 2. The van der Waals surface area contributed by atoms with Gasteiger partial charge < -0.3 is 4.74 Å². The average Bonchev–Trinajstić information content (AvgIpc) is 2.97. The third kappa shape index (κ3) is 3.32. The van der Waals surface area contributed by atoms with Gasteiger partial charge in [0.2, 0.25) is 0 Å². The Labute approximate surface area is 116 Å². The summed E-state index contributed by atoms with van der Waals surface area (Å²) in [7, 11) is 0. The van der Waals surface area contributed by atoms with Crippen molar-refractivity contribution < 1.29 is 14.3 Å². The molecule has 0 aromatic carbocycles. The minimum absolute atomic E-state index is 0.0281. The summed E-state index contributed by atoms with van der Waals surface area (Å²) in [5, 5.41) is 3.21. The van der Waals surface area contributed by atoms with E-state index in [9.17, 15) is 9.59 Å². The van der Waals surface area contributed by atoms with Gasteiger partial charge in [0.15, 0.2) is 11.2 Å². The summed E-state index contributed by atoms with van der Waals surface area (Å²) >= 11 is 1.41. The van der Waals surface area contributed by atoms with Crippen LogP contribution in [0.25, 0.3) is 0 Å². The predicted molar refractivity (Wildman–Crippen MR) is 73.0 cm³/mol. The first kappa shape index (κ1) is 14.0. The molecule has 1 fully saturated rings. The Morgan fingerprint density at radius 2 is 2.11 bits per heavy atom. The molecule has 19 heavy (non-hydrogen) atoms. The van der Waals surface area contributed by atoms with Crippen molar-refractivity contribution in [3.8, 4) is 0 Å². The van der Waals surface area contributed by atoms with Gasteiger partial charge in [-0.3, -0.25) is 14.9 Å². The number of ether oxygens (including phenoxy) is 1. The lowest BCUT2D eigenvalue weighted by Crippen LogP contribution is -2.30. The van der Waals surface area contributed by atoms with E-state index < -0.39 is 6.10 Å². The molecule has 0 bridgehead atoms. The lowest BCUT2D eigenvalue weighted by Gasteiger charge is -2.12. The van der Waals surface area contributed by atoms with Gasteiger partial charge in [0.25, 0.3) is 5.91 Å². The first-order chi connectivity index (χ1) is 8.88. The van der Waals surface area contributed by atoms with E-state index >= 15 is 0 Å². The molecule has 1 saturated carbocycles. The Kier molecular flexibility index (Phi) is 3.89. The van der Waals surface area contributed by atoms with Crippen LogP contribution < -0.4 is 5.32 Å². The van der Waals surface area contributed by atoms with Gasteiger partial charge in [-0.1, -0.05) is 6.92 Å². The molecule has 1 aliphatic carbocycles. The molecule has 0 spiro atoms. The van der Waals surface area contributed by atoms with Crippen LogP contribution in [0.1, 0.15) is 30.8 Å². The number of hydrogen-bond donors (Lipinski definition) is 1. The average molecular weight is 282 g/mol. The molecule has 0 radical (unpaired) electrons. The molecule has 1 aromatic rings. The van der Waals surface area contributed by atoms with Crippen molar-refractivity contribution in [2.75, 3.05) is 5.32 Å². The summed E-state index contributed by atoms with van der Waals surface area (Å²) in [5.41, 5.74) is 0.900. The molecule has 1 heterocycles. The number of nitrogens with one attached hydrogen (secondary N) is 1. The van der Waals surface area contributed by atoms with E-state index in [1.54, 1.807) is 6.92 Å². The number of anilines is 1. The smallest absolute Gasteiger partial charge is 0.309 e. The maximum absolute atomic E-state index is 11.9. The van der Waals surface area contributed by atoms with Crippen LogP contribution in [0.5, 0.6) is 0 Å². The van der Waals surface area contributed by atoms with Crippen LogP contribution in [-0.2, 0) is 14.3 Å². The zero-order valence-electron chi connectivity index (χ0n) is 11.5. The molecule has 1 aliphatic rings. The molecule has 0 unspecified atom stereocenters. The summed E-state index contributed by atoms with van der Waals surface area (Å²) in [4.78, 5) is 28.8. The second-order valence-electron chi connectivity index (χ2n) is 5.05. The Hall–Kier alpha value is -1.43. The second-order valence-corrected chi connectivity index (χ2v) is 6.25. The zero-order valence-corrected chi connectivity index (χ0v) is 12.3. The number of esters is 1. The molecule has 5 nitrogen and oxygen atoms in total. The summed E-state index contributed by atoms with van der Waals surface area (Å²) in [6.45, 7) is 7.41. The van der Waals surface area contributed by atoms with Crippen molar-refractivity contribution in [2.24, 2.45) is 11.8 Å². The van der Waals surface area contributed by atoms with Crippen molar-refractivity contribution in [3.05, 3.63) is 10.6 Å². The van der Waals surface area contributed by atoms with Crippen LogP contribution in [0, 0.1) is 25.7 Å². The number of carbonyl (C=O) groups excluding carboxylic acids is 2. The monoisotopic (exact) mass is 282 g/mol. The first-order valence-corrected chi connectivity index (χ1v) is 7.15. The molecule has 104 valence electrons. The topological polar surface area (TPSA) is 68.3 Å². The van der Waals surface area contributed by atoms with Crippen LogP contribution in [0.4, 0.5) is 5.13 Å². The summed E-state index contributed by atoms with van der Waals surface area (Å²) < 4.78 is 5.14. The highest BCUT2D eigenvalue weighted by atomic mass is 32.1. The van der Waals surface area contributed by atoms with E-state index in [2.05, 4.69) is 10.3 Å². The van der Waals surface area contributed by atoms with Crippen molar-refractivity contribution in [3.63, 3.8) is 0 Å². The van der Waals surface area contributed by atoms with Gasteiger partial charge in [0.1, 0.15) is 0 Å². The maximum atomic E-state index is 11.9. The Balaban J connectivity index is 1.87. The van der Waals surface area contributed by atoms with Crippen molar-refractivity contribution in [2.45, 2.75) is 40.2 Å². The molecule has 0 aliphatic heterocycles. The molecule has 6 heteroatoms. The molecular formula is C13H18N2O3S. The molecular weight excluding hydrogens is 264 g/mol. The van der Waals surface area contributed by atoms with Crippen molar-refractivity contribution in [1.29, 1.82) is 0 Å². The SMILES string of the molecule is Cc1nc(NC(=O)[C@H](C)OC(=O)[C@@H]2C[C@H]2C)sc1C. The van der Waals surface area contributed by atoms with E-state index in [0.29, 0.717) is 11.0 Å². The number of nitrogens with zero attached hydrogens (tertiary/aromatic N) is 1. The van der Waals surface area contributed by atoms with Crippen molar-refractivity contribution in [1.82, 2.24) is 4.98 Å². The van der Waals surface area contributed by atoms with E-state index in [0.717, 1.165) is 17.0 Å². The highest BCUT2D eigenvalue weighted by Gasteiger charge is 2.41. The number of aryl methyl sites for hydroxylation is 2. The van der Waals surface area contributed by atoms with Gasteiger partial charge in [0.05, 0.1) is 11.6 Å². The Morgan fingerprint density at radius 1 is 1.47 bits per heavy atom. The van der Waals surface area contributed by atoms with E-state index in [1.165, 1.54) is 11.3 Å². The zero-order chi connectivity index (χ0) is 14.2. The minimum atomic E-state index is -0.787. The largest absolute Gasteiger partial charge is 0.452 e. The molecule has 3 atom stereocenters. The normalized spacial score (nSPS) is 22.7. The summed E-state index contributed by atoms with van der Waals surface area (Å²) in [6.07, 6.45) is 0.0720. The molecule has 1 N–H and O–H groups in total. The molecule has 0 saturated heterocycles. The fraction of sp³-hybridized carbons (Fsp3) is 0.615. The first-order valence-electron chi connectivity index (χ1n) is 6.34. The van der Waals surface area contributed by atoms with Crippen LogP contribution in [0.2, 0.25) is 0 Å². The molecule has 1 amide bonds. The standard InChI is InChI=1S/C13H18N2O3S/c1-6-5-10(6)12(17)18-8(3)11(16)15-13-14-7(2)9(4)19-13/h6,8,10H,5H2,1-4H3,(H,14,15,16)/t6-,8+,10-/m1/s1. The Bertz CT molecular complexity index is 492.